The van der Waals surface area contributed by atoms with Crippen molar-refractivity contribution in [2.75, 3.05) is 51.8 Å². The molecule has 0 spiro atoms. The monoisotopic (exact) mass is 332 g/mol. The Morgan fingerprint density at radius 3 is 2.58 bits per heavy atom. The lowest BCUT2D eigenvalue weighted by molar-refractivity contribution is 0.251. The van der Waals surface area contributed by atoms with Crippen LogP contribution in [0.15, 0.2) is 22.7 Å². The standard InChI is InChI=1S/C17H24N4O3/c1-4-8-20-9-11-21(12-10-20)17-18-16(19-24-17)13-6-5-7-14(22-2)15(13)23-3/h5-7H,4,8-12H2,1-3H3. The number of hydrogen-bond acceptors (Lipinski definition) is 7. The zero-order valence-corrected chi connectivity index (χ0v) is 14.5. The first-order valence-electron chi connectivity index (χ1n) is 8.29. The Morgan fingerprint density at radius 2 is 1.92 bits per heavy atom. The summed E-state index contributed by atoms with van der Waals surface area (Å²) < 4.78 is 16.3. The van der Waals surface area contributed by atoms with Crippen molar-refractivity contribution in [1.29, 1.82) is 0 Å². The van der Waals surface area contributed by atoms with Crippen LogP contribution >= 0.6 is 0 Å². The van der Waals surface area contributed by atoms with Crippen LogP contribution in [0.2, 0.25) is 0 Å². The fourth-order valence-corrected chi connectivity index (χ4v) is 3.00. The van der Waals surface area contributed by atoms with Crippen LogP contribution in [0.1, 0.15) is 13.3 Å². The number of hydrogen-bond donors (Lipinski definition) is 0. The second-order valence-corrected chi connectivity index (χ2v) is 5.77. The minimum Gasteiger partial charge on any atom is -0.493 e. The van der Waals surface area contributed by atoms with Gasteiger partial charge in [0.15, 0.2) is 11.5 Å². The molecule has 1 fully saturated rings. The molecule has 0 radical (unpaired) electrons. The number of piperazine rings is 1. The highest BCUT2D eigenvalue weighted by Crippen LogP contribution is 2.37. The van der Waals surface area contributed by atoms with Crippen LogP contribution in [-0.4, -0.2) is 62.0 Å². The van der Waals surface area contributed by atoms with Gasteiger partial charge in [-0.3, -0.25) is 4.90 Å². The Kier molecular flexibility index (Phi) is 5.20. The molecule has 1 saturated heterocycles. The summed E-state index contributed by atoms with van der Waals surface area (Å²) in [5.74, 6) is 1.77. The number of benzene rings is 1. The Balaban J connectivity index is 1.77. The number of nitrogens with zero attached hydrogens (tertiary/aromatic N) is 4. The van der Waals surface area contributed by atoms with Crippen molar-refractivity contribution in [2.24, 2.45) is 0 Å². The lowest BCUT2D eigenvalue weighted by atomic mass is 10.2. The molecule has 7 heteroatoms. The van der Waals surface area contributed by atoms with E-state index in [1.807, 2.05) is 18.2 Å². The Labute approximate surface area is 142 Å². The van der Waals surface area contributed by atoms with Crippen molar-refractivity contribution in [3.63, 3.8) is 0 Å². The zero-order valence-electron chi connectivity index (χ0n) is 14.5. The molecule has 1 aromatic heterocycles. The molecule has 0 saturated carbocycles. The number of aromatic nitrogens is 2. The predicted octanol–water partition coefficient (Wildman–Crippen LogP) is 2.29. The van der Waals surface area contributed by atoms with Gasteiger partial charge in [0.25, 0.3) is 0 Å². The van der Waals surface area contributed by atoms with Crippen LogP contribution in [0.25, 0.3) is 11.4 Å². The van der Waals surface area contributed by atoms with E-state index < -0.39 is 0 Å². The molecule has 24 heavy (non-hydrogen) atoms. The Morgan fingerprint density at radius 1 is 1.12 bits per heavy atom. The molecule has 1 aliphatic rings. The van der Waals surface area contributed by atoms with Gasteiger partial charge in [0.2, 0.25) is 5.82 Å². The molecule has 1 aromatic carbocycles. The highest BCUT2D eigenvalue weighted by Gasteiger charge is 2.23. The van der Waals surface area contributed by atoms with Gasteiger partial charge >= 0.3 is 6.01 Å². The van der Waals surface area contributed by atoms with E-state index in [2.05, 4.69) is 26.9 Å². The van der Waals surface area contributed by atoms with E-state index in [1.54, 1.807) is 14.2 Å². The van der Waals surface area contributed by atoms with Gasteiger partial charge in [-0.25, -0.2) is 0 Å². The number of methoxy groups -OCH3 is 2. The number of ether oxygens (including phenoxy) is 2. The summed E-state index contributed by atoms with van der Waals surface area (Å²) in [4.78, 5) is 9.14. The molecule has 0 bridgehead atoms. The molecule has 130 valence electrons. The SMILES string of the molecule is CCCN1CCN(c2nc(-c3cccc(OC)c3OC)no2)CC1. The molecule has 1 aliphatic heterocycles. The van der Waals surface area contributed by atoms with Crippen LogP contribution in [0.5, 0.6) is 11.5 Å². The molecule has 0 N–H and O–H groups in total. The Hall–Kier alpha value is -2.28. The van der Waals surface area contributed by atoms with E-state index in [1.165, 1.54) is 6.42 Å². The van der Waals surface area contributed by atoms with Gasteiger partial charge in [-0.1, -0.05) is 18.1 Å². The summed E-state index contributed by atoms with van der Waals surface area (Å²) in [6, 6.07) is 6.19. The molecule has 0 amide bonds. The molecule has 0 atom stereocenters. The molecule has 0 unspecified atom stereocenters. The molecule has 2 aromatic rings. The first-order valence-corrected chi connectivity index (χ1v) is 8.29. The average molecular weight is 332 g/mol. The minimum absolute atomic E-state index is 0.511. The maximum Gasteiger partial charge on any atom is 0.324 e. The number of rotatable bonds is 6. The van der Waals surface area contributed by atoms with Gasteiger partial charge in [0.05, 0.1) is 19.8 Å². The van der Waals surface area contributed by atoms with Crippen molar-refractivity contribution in [1.82, 2.24) is 15.0 Å². The van der Waals surface area contributed by atoms with E-state index >= 15 is 0 Å². The fraction of sp³-hybridized carbons (Fsp3) is 0.529. The highest BCUT2D eigenvalue weighted by atomic mass is 16.5. The lowest BCUT2D eigenvalue weighted by Gasteiger charge is -2.33. The summed E-state index contributed by atoms with van der Waals surface area (Å²) in [5, 5.41) is 4.12. The third kappa shape index (κ3) is 3.31. The summed E-state index contributed by atoms with van der Waals surface area (Å²) in [6.45, 7) is 7.19. The van der Waals surface area contributed by atoms with Crippen molar-refractivity contribution >= 4 is 6.01 Å². The summed E-state index contributed by atoms with van der Waals surface area (Å²) in [5.41, 5.74) is 0.761. The molecular weight excluding hydrogens is 308 g/mol. The molecular formula is C17H24N4O3. The maximum atomic E-state index is 5.48. The van der Waals surface area contributed by atoms with E-state index in [0.29, 0.717) is 23.3 Å². The highest BCUT2D eigenvalue weighted by molar-refractivity contribution is 5.69. The summed E-state index contributed by atoms with van der Waals surface area (Å²) >= 11 is 0. The van der Waals surface area contributed by atoms with Crippen LogP contribution < -0.4 is 14.4 Å². The van der Waals surface area contributed by atoms with Crippen LogP contribution in [-0.2, 0) is 0 Å². The van der Waals surface area contributed by atoms with E-state index in [0.717, 1.165) is 38.3 Å². The molecule has 3 rings (SSSR count). The maximum absolute atomic E-state index is 5.48. The molecule has 2 heterocycles. The van der Waals surface area contributed by atoms with Gasteiger partial charge < -0.3 is 18.9 Å². The van der Waals surface area contributed by atoms with E-state index in [9.17, 15) is 0 Å². The second-order valence-electron chi connectivity index (χ2n) is 5.77. The van der Waals surface area contributed by atoms with Crippen molar-refractivity contribution in [2.45, 2.75) is 13.3 Å². The zero-order chi connectivity index (χ0) is 16.9. The van der Waals surface area contributed by atoms with Gasteiger partial charge in [0, 0.05) is 26.2 Å². The van der Waals surface area contributed by atoms with Crippen LogP contribution in [0.4, 0.5) is 6.01 Å². The largest absolute Gasteiger partial charge is 0.493 e. The molecule has 7 nitrogen and oxygen atoms in total. The smallest absolute Gasteiger partial charge is 0.324 e. The van der Waals surface area contributed by atoms with Crippen molar-refractivity contribution in [3.05, 3.63) is 18.2 Å². The summed E-state index contributed by atoms with van der Waals surface area (Å²) in [7, 11) is 3.22. The van der Waals surface area contributed by atoms with Crippen molar-refractivity contribution in [3.8, 4) is 22.9 Å². The molecule has 0 aliphatic carbocycles. The number of anilines is 1. The van der Waals surface area contributed by atoms with E-state index in [-0.39, 0.29) is 0 Å². The number of para-hydroxylation sites is 1. The fourth-order valence-electron chi connectivity index (χ4n) is 3.00. The van der Waals surface area contributed by atoms with Gasteiger partial charge in [-0.2, -0.15) is 4.98 Å². The minimum atomic E-state index is 0.511. The van der Waals surface area contributed by atoms with Crippen LogP contribution in [0.3, 0.4) is 0 Å². The Bertz CT molecular complexity index is 666. The second kappa shape index (κ2) is 7.53. The third-order valence-corrected chi connectivity index (χ3v) is 4.24. The third-order valence-electron chi connectivity index (χ3n) is 4.24. The average Bonchev–Trinajstić information content (AvgIpc) is 3.11. The topological polar surface area (TPSA) is 63.9 Å². The quantitative estimate of drug-likeness (QED) is 0.804. The van der Waals surface area contributed by atoms with Gasteiger partial charge in [-0.15, -0.1) is 0 Å². The van der Waals surface area contributed by atoms with Crippen LogP contribution in [0, 0.1) is 0 Å². The van der Waals surface area contributed by atoms with Crippen molar-refractivity contribution < 1.29 is 14.0 Å². The normalized spacial score (nSPS) is 15.5. The summed E-state index contributed by atoms with van der Waals surface area (Å²) in [6.07, 6.45) is 1.18. The van der Waals surface area contributed by atoms with Gasteiger partial charge in [0.1, 0.15) is 0 Å². The van der Waals surface area contributed by atoms with E-state index in [4.69, 9.17) is 14.0 Å². The first kappa shape index (κ1) is 16.6. The first-order chi connectivity index (χ1) is 11.8. The van der Waals surface area contributed by atoms with Gasteiger partial charge in [-0.05, 0) is 25.1 Å². The lowest BCUT2D eigenvalue weighted by Crippen LogP contribution is -2.46. The predicted molar refractivity (Wildman–Crippen MR) is 91.8 cm³/mol.